The van der Waals surface area contributed by atoms with Gasteiger partial charge in [0, 0.05) is 17.3 Å². The summed E-state index contributed by atoms with van der Waals surface area (Å²) in [6.45, 7) is 0. The highest BCUT2D eigenvalue weighted by Gasteiger charge is 2.31. The summed E-state index contributed by atoms with van der Waals surface area (Å²) >= 11 is 0. The molecule has 0 amide bonds. The van der Waals surface area contributed by atoms with E-state index in [4.69, 9.17) is 0 Å². The zero-order valence-electron chi connectivity index (χ0n) is 12.2. The Kier molecular flexibility index (Phi) is 3.92. The normalized spacial score (nSPS) is 11.6. The van der Waals surface area contributed by atoms with Crippen LogP contribution < -0.4 is 4.74 Å². The highest BCUT2D eigenvalue weighted by Crippen LogP contribution is 2.27. The molecule has 4 nitrogen and oxygen atoms in total. The summed E-state index contributed by atoms with van der Waals surface area (Å²) in [4.78, 5) is 14.3. The average molecular weight is 335 g/mol. The van der Waals surface area contributed by atoms with Gasteiger partial charge in [0.15, 0.2) is 0 Å². The Labute approximate surface area is 134 Å². The third kappa shape index (κ3) is 3.34. The number of ether oxygens (including phenoxy) is 1. The van der Waals surface area contributed by atoms with Crippen LogP contribution in [0.5, 0.6) is 5.75 Å². The number of benzene rings is 2. The standard InChI is InChI=1S/C17H12F3NO3/c18-17(19,20)24-11-7-5-10(6-8-11)9-13-12-3-1-2-4-14(12)21-15(13)16(22)23/h1-8,21H,9H2,(H,22,23). The van der Waals surface area contributed by atoms with Crippen LogP contribution in [0.4, 0.5) is 13.2 Å². The fourth-order valence-electron chi connectivity index (χ4n) is 2.58. The lowest BCUT2D eigenvalue weighted by atomic mass is 10.0. The first-order valence-electron chi connectivity index (χ1n) is 7.01. The van der Waals surface area contributed by atoms with Crippen LogP contribution in [0.1, 0.15) is 21.6 Å². The molecule has 7 heteroatoms. The van der Waals surface area contributed by atoms with Crippen LogP contribution in [0.3, 0.4) is 0 Å². The first-order valence-corrected chi connectivity index (χ1v) is 7.01. The van der Waals surface area contributed by atoms with E-state index in [2.05, 4.69) is 9.72 Å². The number of alkyl halides is 3. The molecule has 2 aromatic carbocycles. The number of para-hydroxylation sites is 1. The van der Waals surface area contributed by atoms with Crippen LogP contribution in [0.15, 0.2) is 48.5 Å². The highest BCUT2D eigenvalue weighted by molar-refractivity contribution is 5.97. The van der Waals surface area contributed by atoms with Crippen molar-refractivity contribution in [2.24, 2.45) is 0 Å². The fraction of sp³-hybridized carbons (Fsp3) is 0.118. The molecule has 3 aromatic rings. The van der Waals surface area contributed by atoms with Crippen LogP contribution in [0.2, 0.25) is 0 Å². The number of aromatic carboxylic acids is 1. The molecule has 0 radical (unpaired) electrons. The lowest BCUT2D eigenvalue weighted by Gasteiger charge is -2.09. The van der Waals surface area contributed by atoms with Crippen LogP contribution in [-0.2, 0) is 6.42 Å². The largest absolute Gasteiger partial charge is 0.573 e. The van der Waals surface area contributed by atoms with Crippen molar-refractivity contribution in [3.05, 3.63) is 65.4 Å². The van der Waals surface area contributed by atoms with Gasteiger partial charge < -0.3 is 14.8 Å². The lowest BCUT2D eigenvalue weighted by molar-refractivity contribution is -0.274. The Morgan fingerprint density at radius 1 is 1.08 bits per heavy atom. The van der Waals surface area contributed by atoms with Gasteiger partial charge in [-0.1, -0.05) is 30.3 Å². The Bertz CT molecular complexity index is 882. The molecular weight excluding hydrogens is 323 g/mol. The molecule has 0 saturated carbocycles. The number of nitrogens with one attached hydrogen (secondary N) is 1. The van der Waals surface area contributed by atoms with Crippen molar-refractivity contribution in [1.29, 1.82) is 0 Å². The number of aromatic nitrogens is 1. The summed E-state index contributed by atoms with van der Waals surface area (Å²) < 4.78 is 40.3. The quantitative estimate of drug-likeness (QED) is 0.745. The van der Waals surface area contributed by atoms with E-state index in [1.165, 1.54) is 24.3 Å². The number of halogens is 3. The Balaban J connectivity index is 1.92. The van der Waals surface area contributed by atoms with Crippen LogP contribution in [0, 0.1) is 0 Å². The van der Waals surface area contributed by atoms with Crippen LogP contribution in [0.25, 0.3) is 10.9 Å². The summed E-state index contributed by atoms with van der Waals surface area (Å²) in [5.74, 6) is -1.40. The second-order valence-electron chi connectivity index (χ2n) is 5.20. The SMILES string of the molecule is O=C(O)c1[nH]c2ccccc2c1Cc1ccc(OC(F)(F)F)cc1. The molecule has 124 valence electrons. The van der Waals surface area contributed by atoms with E-state index in [-0.39, 0.29) is 17.9 Å². The summed E-state index contributed by atoms with van der Waals surface area (Å²) in [7, 11) is 0. The van der Waals surface area contributed by atoms with Crippen molar-refractivity contribution in [1.82, 2.24) is 4.98 Å². The number of hydrogen-bond acceptors (Lipinski definition) is 2. The van der Waals surface area contributed by atoms with Gasteiger partial charge in [0.25, 0.3) is 0 Å². The predicted molar refractivity (Wildman–Crippen MR) is 81.2 cm³/mol. The molecule has 0 aliphatic rings. The van der Waals surface area contributed by atoms with E-state index in [0.29, 0.717) is 16.6 Å². The summed E-state index contributed by atoms with van der Waals surface area (Å²) in [5, 5.41) is 10.1. The van der Waals surface area contributed by atoms with Crippen molar-refractivity contribution in [3.8, 4) is 5.75 Å². The Morgan fingerprint density at radius 2 is 1.75 bits per heavy atom. The smallest absolute Gasteiger partial charge is 0.477 e. The number of carbonyl (C=O) groups is 1. The minimum absolute atomic E-state index is 0.0758. The van der Waals surface area contributed by atoms with Gasteiger partial charge in [-0.05, 0) is 29.3 Å². The Hall–Kier alpha value is -2.96. The number of aromatic amines is 1. The van der Waals surface area contributed by atoms with Gasteiger partial charge in [0.05, 0.1) is 0 Å². The minimum atomic E-state index is -4.74. The maximum absolute atomic E-state index is 12.2. The number of hydrogen-bond donors (Lipinski definition) is 2. The van der Waals surface area contributed by atoms with E-state index < -0.39 is 12.3 Å². The lowest BCUT2D eigenvalue weighted by Crippen LogP contribution is -2.17. The summed E-state index contributed by atoms with van der Waals surface area (Å²) in [6.07, 6.45) is -4.47. The predicted octanol–water partition coefficient (Wildman–Crippen LogP) is 4.36. The number of carboxylic acid groups (broad SMARTS) is 1. The average Bonchev–Trinajstić information content (AvgIpc) is 2.87. The van der Waals surface area contributed by atoms with Gasteiger partial charge in [-0.2, -0.15) is 0 Å². The zero-order valence-corrected chi connectivity index (χ0v) is 12.2. The highest BCUT2D eigenvalue weighted by atomic mass is 19.4. The molecule has 3 rings (SSSR count). The maximum atomic E-state index is 12.2. The molecule has 1 aromatic heterocycles. The van der Waals surface area contributed by atoms with Gasteiger partial charge >= 0.3 is 12.3 Å². The van der Waals surface area contributed by atoms with Gasteiger partial charge in [-0.25, -0.2) is 4.79 Å². The van der Waals surface area contributed by atoms with Crippen molar-refractivity contribution in [2.75, 3.05) is 0 Å². The molecule has 0 atom stereocenters. The summed E-state index contributed by atoms with van der Waals surface area (Å²) in [5.41, 5.74) is 2.04. The molecular formula is C17H12F3NO3. The topological polar surface area (TPSA) is 62.3 Å². The molecule has 0 aliphatic heterocycles. The van der Waals surface area contributed by atoms with E-state index in [1.54, 1.807) is 24.3 Å². The van der Waals surface area contributed by atoms with E-state index in [1.807, 2.05) is 0 Å². The molecule has 1 heterocycles. The third-order valence-electron chi connectivity index (χ3n) is 3.57. The van der Waals surface area contributed by atoms with Gasteiger partial charge in [0.1, 0.15) is 11.4 Å². The van der Waals surface area contributed by atoms with Crippen LogP contribution >= 0.6 is 0 Å². The third-order valence-corrected chi connectivity index (χ3v) is 3.57. The van der Waals surface area contributed by atoms with Gasteiger partial charge in [-0.3, -0.25) is 0 Å². The first kappa shape index (κ1) is 15.9. The van der Waals surface area contributed by atoms with Gasteiger partial charge in [0.2, 0.25) is 0 Å². The van der Waals surface area contributed by atoms with Crippen LogP contribution in [-0.4, -0.2) is 22.4 Å². The number of H-pyrrole nitrogens is 1. The monoisotopic (exact) mass is 335 g/mol. The zero-order chi connectivity index (χ0) is 17.3. The van der Waals surface area contributed by atoms with Crippen molar-refractivity contribution < 1.29 is 27.8 Å². The number of carboxylic acids is 1. The molecule has 2 N–H and O–H groups in total. The summed E-state index contributed by atoms with van der Waals surface area (Å²) in [6, 6.07) is 12.5. The maximum Gasteiger partial charge on any atom is 0.573 e. The molecule has 0 bridgehead atoms. The number of fused-ring (bicyclic) bond motifs is 1. The fourth-order valence-corrected chi connectivity index (χ4v) is 2.58. The minimum Gasteiger partial charge on any atom is -0.477 e. The number of rotatable bonds is 4. The molecule has 0 fully saturated rings. The van der Waals surface area contributed by atoms with Crippen molar-refractivity contribution >= 4 is 16.9 Å². The molecule has 0 aliphatic carbocycles. The van der Waals surface area contributed by atoms with Crippen molar-refractivity contribution in [3.63, 3.8) is 0 Å². The van der Waals surface area contributed by atoms with E-state index >= 15 is 0 Å². The Morgan fingerprint density at radius 3 is 2.38 bits per heavy atom. The second-order valence-corrected chi connectivity index (χ2v) is 5.20. The first-order chi connectivity index (χ1) is 11.3. The van der Waals surface area contributed by atoms with Gasteiger partial charge in [-0.15, -0.1) is 13.2 Å². The molecule has 0 saturated heterocycles. The van der Waals surface area contributed by atoms with E-state index in [9.17, 15) is 23.1 Å². The molecule has 24 heavy (non-hydrogen) atoms. The van der Waals surface area contributed by atoms with E-state index in [0.717, 1.165) is 5.39 Å². The molecule has 0 spiro atoms. The molecule has 0 unspecified atom stereocenters. The second kappa shape index (κ2) is 5.92. The van der Waals surface area contributed by atoms with Crippen molar-refractivity contribution in [2.45, 2.75) is 12.8 Å².